The SMILES string of the molecule is O=S(=O)(c1ccccc1F)N(CCCl)CCCl. The molecule has 1 aromatic rings. The van der Waals surface area contributed by atoms with Crippen LogP contribution in [0.2, 0.25) is 0 Å². The van der Waals surface area contributed by atoms with Crippen molar-refractivity contribution in [2.75, 3.05) is 24.8 Å². The van der Waals surface area contributed by atoms with Crippen molar-refractivity contribution < 1.29 is 12.8 Å². The highest BCUT2D eigenvalue weighted by Crippen LogP contribution is 2.18. The number of nitrogens with zero attached hydrogens (tertiary/aromatic N) is 1. The number of halogens is 3. The average molecular weight is 300 g/mol. The third-order valence-electron chi connectivity index (χ3n) is 2.12. The van der Waals surface area contributed by atoms with Crippen LogP contribution in [-0.2, 0) is 10.0 Å². The van der Waals surface area contributed by atoms with Crippen molar-refractivity contribution in [3.63, 3.8) is 0 Å². The van der Waals surface area contributed by atoms with Crippen molar-refractivity contribution in [1.29, 1.82) is 0 Å². The summed E-state index contributed by atoms with van der Waals surface area (Å²) in [4.78, 5) is -0.352. The number of hydrogen-bond donors (Lipinski definition) is 0. The van der Waals surface area contributed by atoms with Gasteiger partial charge >= 0.3 is 0 Å². The molecule has 0 spiro atoms. The molecule has 0 saturated heterocycles. The molecule has 1 aromatic carbocycles. The van der Waals surface area contributed by atoms with Crippen LogP contribution in [0.15, 0.2) is 29.2 Å². The second kappa shape index (κ2) is 6.54. The molecular formula is C10H12Cl2FNO2S. The molecule has 0 bridgehead atoms. The maximum absolute atomic E-state index is 13.5. The highest BCUT2D eigenvalue weighted by atomic mass is 35.5. The Morgan fingerprint density at radius 2 is 1.65 bits per heavy atom. The molecule has 1 rings (SSSR count). The molecule has 0 fully saturated rings. The average Bonchev–Trinajstić information content (AvgIpc) is 2.29. The number of alkyl halides is 2. The second-order valence-electron chi connectivity index (χ2n) is 3.21. The number of benzene rings is 1. The molecule has 0 unspecified atom stereocenters. The summed E-state index contributed by atoms with van der Waals surface area (Å²) in [6, 6.07) is 5.23. The minimum absolute atomic E-state index is 0.102. The zero-order valence-corrected chi connectivity index (χ0v) is 11.3. The Balaban J connectivity index is 3.12. The first-order valence-corrected chi connectivity index (χ1v) is 7.41. The minimum Gasteiger partial charge on any atom is -0.207 e. The van der Waals surface area contributed by atoms with Gasteiger partial charge in [-0.2, -0.15) is 4.31 Å². The lowest BCUT2D eigenvalue weighted by Crippen LogP contribution is -2.34. The Labute approximate surface area is 110 Å². The normalized spacial score (nSPS) is 12.0. The summed E-state index contributed by atoms with van der Waals surface area (Å²) in [6.07, 6.45) is 0. The van der Waals surface area contributed by atoms with Crippen molar-refractivity contribution in [1.82, 2.24) is 4.31 Å². The van der Waals surface area contributed by atoms with Gasteiger partial charge in [-0.05, 0) is 12.1 Å². The van der Waals surface area contributed by atoms with Gasteiger partial charge in [0.2, 0.25) is 10.0 Å². The van der Waals surface area contributed by atoms with Gasteiger partial charge in [0.05, 0.1) is 0 Å². The molecule has 0 aliphatic carbocycles. The Kier molecular flexibility index (Phi) is 5.66. The van der Waals surface area contributed by atoms with Gasteiger partial charge in [-0.1, -0.05) is 12.1 Å². The van der Waals surface area contributed by atoms with Gasteiger partial charge in [-0.15, -0.1) is 23.2 Å². The Morgan fingerprint density at radius 3 is 2.12 bits per heavy atom. The Bertz CT molecular complexity index is 461. The van der Waals surface area contributed by atoms with Gasteiger partial charge in [-0.25, -0.2) is 12.8 Å². The van der Waals surface area contributed by atoms with E-state index in [0.717, 1.165) is 10.4 Å². The molecule has 0 aliphatic heterocycles. The fourth-order valence-corrected chi connectivity index (χ4v) is 3.45. The summed E-state index contributed by atoms with van der Waals surface area (Å²) in [5, 5.41) is 0. The van der Waals surface area contributed by atoms with E-state index in [-0.39, 0.29) is 29.7 Å². The number of hydrogen-bond acceptors (Lipinski definition) is 2. The van der Waals surface area contributed by atoms with E-state index in [0.29, 0.717) is 0 Å². The summed E-state index contributed by atoms with van der Waals surface area (Å²) in [5.74, 6) is -0.517. The minimum atomic E-state index is -3.87. The van der Waals surface area contributed by atoms with Gasteiger partial charge in [0.15, 0.2) is 0 Å². The molecule has 96 valence electrons. The summed E-state index contributed by atoms with van der Waals surface area (Å²) in [7, 11) is -3.87. The number of sulfonamides is 1. The van der Waals surface area contributed by atoms with E-state index in [1.54, 1.807) is 0 Å². The van der Waals surface area contributed by atoms with Crippen LogP contribution in [0, 0.1) is 5.82 Å². The Hall–Kier alpha value is -0.360. The van der Waals surface area contributed by atoms with Crippen LogP contribution >= 0.6 is 23.2 Å². The predicted molar refractivity (Wildman–Crippen MR) is 66.6 cm³/mol. The van der Waals surface area contributed by atoms with E-state index < -0.39 is 15.8 Å². The molecular weight excluding hydrogens is 288 g/mol. The van der Waals surface area contributed by atoms with Crippen LogP contribution in [0.25, 0.3) is 0 Å². The first-order valence-electron chi connectivity index (χ1n) is 4.90. The molecule has 0 atom stereocenters. The van der Waals surface area contributed by atoms with E-state index in [1.165, 1.54) is 18.2 Å². The lowest BCUT2D eigenvalue weighted by molar-refractivity contribution is 0.443. The molecule has 0 heterocycles. The quantitative estimate of drug-likeness (QED) is 0.756. The molecule has 3 nitrogen and oxygen atoms in total. The lowest BCUT2D eigenvalue weighted by Gasteiger charge is -2.20. The highest BCUT2D eigenvalue weighted by molar-refractivity contribution is 7.89. The summed E-state index contributed by atoms with van der Waals surface area (Å²) in [5.41, 5.74) is 0. The van der Waals surface area contributed by atoms with Crippen LogP contribution < -0.4 is 0 Å². The molecule has 17 heavy (non-hydrogen) atoms. The van der Waals surface area contributed by atoms with Crippen LogP contribution in [0.1, 0.15) is 0 Å². The third kappa shape index (κ3) is 3.55. The highest BCUT2D eigenvalue weighted by Gasteiger charge is 2.26. The second-order valence-corrected chi connectivity index (χ2v) is 5.87. The van der Waals surface area contributed by atoms with Crippen LogP contribution in [0.4, 0.5) is 4.39 Å². The van der Waals surface area contributed by atoms with Crippen molar-refractivity contribution >= 4 is 33.2 Å². The molecule has 0 aromatic heterocycles. The van der Waals surface area contributed by atoms with Gasteiger partial charge in [0.1, 0.15) is 10.7 Å². The summed E-state index contributed by atoms with van der Waals surface area (Å²) in [6.45, 7) is 0.204. The van der Waals surface area contributed by atoms with E-state index in [9.17, 15) is 12.8 Å². The lowest BCUT2D eigenvalue weighted by atomic mass is 10.4. The Morgan fingerprint density at radius 1 is 1.12 bits per heavy atom. The topological polar surface area (TPSA) is 37.4 Å². The first-order chi connectivity index (χ1) is 8.04. The van der Waals surface area contributed by atoms with Crippen molar-refractivity contribution in [2.45, 2.75) is 4.90 Å². The monoisotopic (exact) mass is 299 g/mol. The first kappa shape index (κ1) is 14.7. The van der Waals surface area contributed by atoms with Gasteiger partial charge in [-0.3, -0.25) is 0 Å². The third-order valence-corrected chi connectivity index (χ3v) is 4.39. The number of rotatable bonds is 6. The van der Waals surface area contributed by atoms with Gasteiger partial charge in [0.25, 0.3) is 0 Å². The fourth-order valence-electron chi connectivity index (χ4n) is 1.33. The summed E-state index contributed by atoms with van der Waals surface area (Å²) < 4.78 is 38.7. The zero-order valence-electron chi connectivity index (χ0n) is 8.94. The van der Waals surface area contributed by atoms with Gasteiger partial charge in [0, 0.05) is 24.8 Å². The van der Waals surface area contributed by atoms with Crippen molar-refractivity contribution in [2.24, 2.45) is 0 Å². The van der Waals surface area contributed by atoms with E-state index in [2.05, 4.69) is 0 Å². The van der Waals surface area contributed by atoms with E-state index >= 15 is 0 Å². The molecule has 0 N–H and O–H groups in total. The predicted octanol–water partition coefficient (Wildman–Crippen LogP) is 2.29. The molecule has 0 aliphatic rings. The molecule has 0 amide bonds. The maximum Gasteiger partial charge on any atom is 0.246 e. The van der Waals surface area contributed by atoms with Crippen molar-refractivity contribution in [3.05, 3.63) is 30.1 Å². The fraction of sp³-hybridized carbons (Fsp3) is 0.400. The maximum atomic E-state index is 13.5. The van der Waals surface area contributed by atoms with Crippen LogP contribution in [-0.4, -0.2) is 37.6 Å². The van der Waals surface area contributed by atoms with Gasteiger partial charge < -0.3 is 0 Å². The standard InChI is InChI=1S/C10H12Cl2FNO2S/c11-5-7-14(8-6-12)17(15,16)10-4-2-1-3-9(10)13/h1-4H,5-8H2. The largest absolute Gasteiger partial charge is 0.246 e. The summed E-state index contributed by atoms with van der Waals surface area (Å²) >= 11 is 11.0. The van der Waals surface area contributed by atoms with Crippen molar-refractivity contribution in [3.8, 4) is 0 Å². The molecule has 0 saturated carbocycles. The molecule has 7 heteroatoms. The van der Waals surface area contributed by atoms with E-state index in [1.807, 2.05) is 0 Å². The zero-order chi connectivity index (χ0) is 12.9. The molecule has 0 radical (unpaired) electrons. The van der Waals surface area contributed by atoms with Crippen LogP contribution in [0.3, 0.4) is 0 Å². The van der Waals surface area contributed by atoms with E-state index in [4.69, 9.17) is 23.2 Å². The van der Waals surface area contributed by atoms with Crippen LogP contribution in [0.5, 0.6) is 0 Å². The smallest absolute Gasteiger partial charge is 0.207 e.